The van der Waals surface area contributed by atoms with Crippen LogP contribution in [0.4, 0.5) is 4.39 Å². The SMILES string of the molecule is NCCn1nc(C2CCN(C(=O)c3cccc(F)c3)C2)c2nccnc21. The number of rotatable bonds is 4. The fraction of sp³-hybridized carbons (Fsp3) is 0.333. The first kappa shape index (κ1) is 16.6. The van der Waals surface area contributed by atoms with Gasteiger partial charge < -0.3 is 10.6 Å². The first-order chi connectivity index (χ1) is 12.7. The molecular weight excluding hydrogens is 335 g/mol. The quantitative estimate of drug-likeness (QED) is 0.768. The first-order valence-electron chi connectivity index (χ1n) is 8.59. The number of nitrogens with zero attached hydrogens (tertiary/aromatic N) is 5. The lowest BCUT2D eigenvalue weighted by molar-refractivity contribution is 0.0790. The van der Waals surface area contributed by atoms with Crippen molar-refractivity contribution in [3.05, 3.63) is 53.7 Å². The molecular formula is C18H19FN6O. The summed E-state index contributed by atoms with van der Waals surface area (Å²) in [4.78, 5) is 23.2. The Hall–Kier alpha value is -2.87. The zero-order valence-electron chi connectivity index (χ0n) is 14.2. The van der Waals surface area contributed by atoms with Crippen LogP contribution in [0.5, 0.6) is 0 Å². The molecule has 1 aliphatic rings. The van der Waals surface area contributed by atoms with Gasteiger partial charge in [0, 0.05) is 43.5 Å². The molecule has 7 nitrogen and oxygen atoms in total. The van der Waals surface area contributed by atoms with Crippen molar-refractivity contribution in [3.8, 4) is 0 Å². The number of hydrogen-bond donors (Lipinski definition) is 1. The van der Waals surface area contributed by atoms with Gasteiger partial charge in [-0.3, -0.25) is 4.79 Å². The summed E-state index contributed by atoms with van der Waals surface area (Å²) in [6.07, 6.45) is 4.06. The van der Waals surface area contributed by atoms with Gasteiger partial charge in [0.1, 0.15) is 11.3 Å². The van der Waals surface area contributed by atoms with E-state index in [1.807, 2.05) is 0 Å². The number of halogens is 1. The summed E-state index contributed by atoms with van der Waals surface area (Å²) >= 11 is 0. The fourth-order valence-electron chi connectivity index (χ4n) is 3.45. The second-order valence-electron chi connectivity index (χ2n) is 6.37. The second-order valence-corrected chi connectivity index (χ2v) is 6.37. The van der Waals surface area contributed by atoms with Crippen LogP contribution in [0.25, 0.3) is 11.2 Å². The minimum Gasteiger partial charge on any atom is -0.338 e. The van der Waals surface area contributed by atoms with E-state index in [-0.39, 0.29) is 11.8 Å². The summed E-state index contributed by atoms with van der Waals surface area (Å²) in [5, 5.41) is 4.66. The van der Waals surface area contributed by atoms with Crippen molar-refractivity contribution in [1.82, 2.24) is 24.6 Å². The van der Waals surface area contributed by atoms with Gasteiger partial charge in [-0.05, 0) is 24.6 Å². The highest BCUT2D eigenvalue weighted by molar-refractivity contribution is 5.94. The van der Waals surface area contributed by atoms with Crippen molar-refractivity contribution < 1.29 is 9.18 Å². The smallest absolute Gasteiger partial charge is 0.253 e. The Kier molecular flexibility index (Phi) is 4.34. The number of fused-ring (bicyclic) bond motifs is 1. The number of carbonyl (C=O) groups is 1. The Morgan fingerprint density at radius 1 is 1.31 bits per heavy atom. The van der Waals surface area contributed by atoms with Crippen molar-refractivity contribution in [2.24, 2.45) is 5.73 Å². The van der Waals surface area contributed by atoms with Crippen LogP contribution >= 0.6 is 0 Å². The second kappa shape index (κ2) is 6.80. The Labute approximate surface area is 149 Å². The van der Waals surface area contributed by atoms with Gasteiger partial charge in [-0.2, -0.15) is 5.10 Å². The summed E-state index contributed by atoms with van der Waals surface area (Å²) in [5.41, 5.74) is 8.34. The zero-order valence-corrected chi connectivity index (χ0v) is 14.2. The van der Waals surface area contributed by atoms with Gasteiger partial charge in [-0.1, -0.05) is 6.07 Å². The number of likely N-dealkylation sites (tertiary alicyclic amines) is 1. The predicted molar refractivity (Wildman–Crippen MR) is 94.0 cm³/mol. The third-order valence-electron chi connectivity index (χ3n) is 4.67. The summed E-state index contributed by atoms with van der Waals surface area (Å²) in [7, 11) is 0. The van der Waals surface area contributed by atoms with E-state index in [0.29, 0.717) is 37.4 Å². The van der Waals surface area contributed by atoms with Crippen molar-refractivity contribution in [2.45, 2.75) is 18.9 Å². The van der Waals surface area contributed by atoms with E-state index in [9.17, 15) is 9.18 Å². The molecule has 2 N–H and O–H groups in total. The highest BCUT2D eigenvalue weighted by Gasteiger charge is 2.31. The van der Waals surface area contributed by atoms with E-state index in [1.54, 1.807) is 34.1 Å². The third-order valence-corrected chi connectivity index (χ3v) is 4.67. The Balaban J connectivity index is 1.59. The minimum absolute atomic E-state index is 0.0748. The average Bonchev–Trinajstić information content (AvgIpc) is 3.27. The van der Waals surface area contributed by atoms with Crippen molar-refractivity contribution in [3.63, 3.8) is 0 Å². The standard InChI is InChI=1S/C18H19FN6O/c19-14-3-1-2-12(10-14)18(26)24-8-4-13(11-24)15-16-17(22-7-6-21-16)25(23-15)9-5-20/h1-3,6-7,10,13H,4-5,8-9,11,20H2. The number of nitrogens with two attached hydrogens (primary N) is 1. The molecule has 4 rings (SSSR count). The summed E-state index contributed by atoms with van der Waals surface area (Å²) in [6, 6.07) is 5.79. The molecule has 0 aliphatic carbocycles. The lowest BCUT2D eigenvalue weighted by atomic mass is 10.0. The fourth-order valence-corrected chi connectivity index (χ4v) is 3.45. The third kappa shape index (κ3) is 2.92. The Morgan fingerprint density at radius 2 is 2.15 bits per heavy atom. The van der Waals surface area contributed by atoms with Crippen LogP contribution in [0.3, 0.4) is 0 Å². The number of carbonyl (C=O) groups excluding carboxylic acids is 1. The van der Waals surface area contributed by atoms with Crippen LogP contribution in [0.1, 0.15) is 28.4 Å². The molecule has 1 aromatic carbocycles. The lowest BCUT2D eigenvalue weighted by Gasteiger charge is -2.16. The van der Waals surface area contributed by atoms with Gasteiger partial charge in [-0.15, -0.1) is 0 Å². The van der Waals surface area contributed by atoms with E-state index < -0.39 is 5.82 Å². The highest BCUT2D eigenvalue weighted by atomic mass is 19.1. The predicted octanol–water partition coefficient (Wildman–Crippen LogP) is 1.55. The molecule has 2 aromatic heterocycles. The molecule has 3 heterocycles. The normalized spacial score (nSPS) is 17.2. The number of hydrogen-bond acceptors (Lipinski definition) is 5. The van der Waals surface area contributed by atoms with Gasteiger partial charge in [0.15, 0.2) is 5.65 Å². The van der Waals surface area contributed by atoms with E-state index in [2.05, 4.69) is 15.1 Å². The largest absolute Gasteiger partial charge is 0.338 e. The van der Waals surface area contributed by atoms with Crippen LogP contribution in [0, 0.1) is 5.82 Å². The number of amides is 1. The van der Waals surface area contributed by atoms with Crippen LogP contribution in [-0.2, 0) is 6.54 Å². The Morgan fingerprint density at radius 3 is 2.96 bits per heavy atom. The van der Waals surface area contributed by atoms with Gasteiger partial charge in [0.2, 0.25) is 0 Å². The summed E-state index contributed by atoms with van der Waals surface area (Å²) in [6.45, 7) is 2.15. The van der Waals surface area contributed by atoms with Gasteiger partial charge in [0.25, 0.3) is 5.91 Å². The van der Waals surface area contributed by atoms with E-state index in [4.69, 9.17) is 5.73 Å². The monoisotopic (exact) mass is 354 g/mol. The topological polar surface area (TPSA) is 89.9 Å². The highest BCUT2D eigenvalue weighted by Crippen LogP contribution is 2.31. The van der Waals surface area contributed by atoms with Crippen LogP contribution in [0.2, 0.25) is 0 Å². The molecule has 1 amide bonds. The molecule has 1 fully saturated rings. The van der Waals surface area contributed by atoms with Crippen LogP contribution in [0.15, 0.2) is 36.7 Å². The molecule has 0 radical (unpaired) electrons. The average molecular weight is 354 g/mol. The summed E-state index contributed by atoms with van der Waals surface area (Å²) < 4.78 is 15.2. The van der Waals surface area contributed by atoms with E-state index >= 15 is 0 Å². The molecule has 26 heavy (non-hydrogen) atoms. The molecule has 3 aromatic rings. The zero-order chi connectivity index (χ0) is 18.1. The number of benzene rings is 1. The van der Waals surface area contributed by atoms with E-state index in [0.717, 1.165) is 17.6 Å². The van der Waals surface area contributed by atoms with Crippen LogP contribution in [-0.4, -0.2) is 50.2 Å². The summed E-state index contributed by atoms with van der Waals surface area (Å²) in [5.74, 6) is -0.497. The van der Waals surface area contributed by atoms with Gasteiger partial charge in [-0.25, -0.2) is 19.0 Å². The maximum Gasteiger partial charge on any atom is 0.253 e. The van der Waals surface area contributed by atoms with Gasteiger partial charge >= 0.3 is 0 Å². The van der Waals surface area contributed by atoms with Crippen molar-refractivity contribution in [2.75, 3.05) is 19.6 Å². The Bertz CT molecular complexity index is 956. The lowest BCUT2D eigenvalue weighted by Crippen LogP contribution is -2.28. The maximum absolute atomic E-state index is 13.4. The van der Waals surface area contributed by atoms with Crippen molar-refractivity contribution >= 4 is 17.1 Å². The first-order valence-corrected chi connectivity index (χ1v) is 8.59. The molecule has 0 spiro atoms. The van der Waals surface area contributed by atoms with Gasteiger partial charge in [0.05, 0.1) is 12.2 Å². The van der Waals surface area contributed by atoms with E-state index in [1.165, 1.54) is 12.1 Å². The maximum atomic E-state index is 13.4. The van der Waals surface area contributed by atoms with Crippen molar-refractivity contribution in [1.29, 1.82) is 0 Å². The number of aromatic nitrogens is 4. The molecule has 0 saturated carbocycles. The minimum atomic E-state index is -0.409. The van der Waals surface area contributed by atoms with Crippen LogP contribution < -0.4 is 5.73 Å². The molecule has 1 aliphatic heterocycles. The molecule has 134 valence electrons. The molecule has 1 atom stereocenters. The molecule has 1 unspecified atom stereocenters. The molecule has 8 heteroatoms. The molecule has 1 saturated heterocycles. The molecule has 0 bridgehead atoms.